The highest BCUT2D eigenvalue weighted by Gasteiger charge is 2.17. The third-order valence-corrected chi connectivity index (χ3v) is 5.09. The van der Waals surface area contributed by atoms with Crippen LogP contribution in [0.25, 0.3) is 22.2 Å². The van der Waals surface area contributed by atoms with E-state index in [1.165, 1.54) is 0 Å². The molecule has 0 spiro atoms. The van der Waals surface area contributed by atoms with Crippen LogP contribution in [0.4, 0.5) is 0 Å². The maximum absolute atomic E-state index is 13.1. The lowest BCUT2D eigenvalue weighted by Gasteiger charge is -2.12. The molecule has 0 saturated carbocycles. The number of pyridine rings is 1. The van der Waals surface area contributed by atoms with Gasteiger partial charge in [0.25, 0.3) is 0 Å². The Bertz CT molecular complexity index is 1180. The second kappa shape index (κ2) is 7.45. The van der Waals surface area contributed by atoms with Crippen LogP contribution in [0.3, 0.4) is 0 Å². The quantitative estimate of drug-likeness (QED) is 0.302. The summed E-state index contributed by atoms with van der Waals surface area (Å²) in [6.07, 6.45) is 0. The van der Waals surface area contributed by atoms with Crippen molar-refractivity contribution in [1.82, 2.24) is 4.98 Å². The van der Waals surface area contributed by atoms with Crippen LogP contribution in [-0.4, -0.2) is 11.0 Å². The molecule has 0 saturated heterocycles. The highest BCUT2D eigenvalue weighted by Crippen LogP contribution is 2.28. The van der Waals surface area contributed by atoms with Gasteiger partial charge in [-0.05, 0) is 55.3 Å². The van der Waals surface area contributed by atoms with E-state index in [-0.39, 0.29) is 0 Å². The maximum Gasteiger partial charge on any atom is 0.344 e. The Morgan fingerprint density at radius 3 is 2.46 bits per heavy atom. The molecule has 1 aromatic heterocycles. The Labute approximate surface area is 168 Å². The van der Waals surface area contributed by atoms with E-state index in [9.17, 15) is 4.79 Å². The van der Waals surface area contributed by atoms with Crippen LogP contribution in [-0.2, 0) is 0 Å². The number of benzene rings is 3. The van der Waals surface area contributed by atoms with Gasteiger partial charge < -0.3 is 4.74 Å². The molecule has 0 radical (unpaired) electrons. The van der Waals surface area contributed by atoms with Crippen molar-refractivity contribution in [2.45, 2.75) is 13.8 Å². The molecule has 4 rings (SSSR count). The summed E-state index contributed by atoms with van der Waals surface area (Å²) < 4.78 is 5.74. The smallest absolute Gasteiger partial charge is 0.344 e. The average molecular weight is 388 g/mol. The van der Waals surface area contributed by atoms with Gasteiger partial charge >= 0.3 is 5.97 Å². The fourth-order valence-corrected chi connectivity index (χ4v) is 3.23. The van der Waals surface area contributed by atoms with Gasteiger partial charge in [-0.3, -0.25) is 0 Å². The van der Waals surface area contributed by atoms with E-state index < -0.39 is 5.97 Å². The first-order valence-electron chi connectivity index (χ1n) is 8.97. The third-order valence-electron chi connectivity index (χ3n) is 4.83. The molecule has 0 aliphatic carbocycles. The molecule has 0 bridgehead atoms. The number of ether oxygens (including phenoxy) is 1. The fraction of sp³-hybridized carbons (Fsp3) is 0.0833. The number of para-hydroxylation sites is 1. The Morgan fingerprint density at radius 1 is 0.929 bits per heavy atom. The standard InChI is InChI=1S/C24H18ClNO2/c1-15-6-5-9-23(16(15)2)28-24(27)20-14-22(17-10-12-18(25)13-11-17)26-21-8-4-3-7-19(20)21/h3-14H,1-2H3. The minimum atomic E-state index is -0.400. The van der Waals surface area contributed by atoms with Crippen LogP contribution in [0.2, 0.25) is 5.02 Å². The Morgan fingerprint density at radius 2 is 1.68 bits per heavy atom. The predicted octanol–water partition coefficient (Wildman–Crippen LogP) is 6.39. The molecule has 0 unspecified atom stereocenters. The van der Waals surface area contributed by atoms with Gasteiger partial charge in [-0.15, -0.1) is 0 Å². The van der Waals surface area contributed by atoms with E-state index in [2.05, 4.69) is 0 Å². The molecule has 0 aliphatic rings. The summed E-state index contributed by atoms with van der Waals surface area (Å²) in [5.41, 5.74) is 4.83. The first-order chi connectivity index (χ1) is 13.5. The van der Waals surface area contributed by atoms with Gasteiger partial charge in [0, 0.05) is 16.0 Å². The number of aryl methyl sites for hydroxylation is 1. The summed E-state index contributed by atoms with van der Waals surface area (Å²) in [6.45, 7) is 3.94. The normalized spacial score (nSPS) is 10.8. The number of halogens is 1. The number of fused-ring (bicyclic) bond motifs is 1. The summed E-state index contributed by atoms with van der Waals surface area (Å²) in [6, 6.07) is 22.4. The number of hydrogen-bond acceptors (Lipinski definition) is 3. The van der Waals surface area contributed by atoms with Crippen molar-refractivity contribution in [3.8, 4) is 17.0 Å². The van der Waals surface area contributed by atoms with Crippen molar-refractivity contribution < 1.29 is 9.53 Å². The molecule has 138 valence electrons. The van der Waals surface area contributed by atoms with Gasteiger partial charge in [0.1, 0.15) is 5.75 Å². The van der Waals surface area contributed by atoms with E-state index in [1.807, 2.05) is 80.6 Å². The number of nitrogens with zero attached hydrogens (tertiary/aromatic N) is 1. The number of aromatic nitrogens is 1. The van der Waals surface area contributed by atoms with Gasteiger partial charge in [-0.2, -0.15) is 0 Å². The molecule has 4 aromatic rings. The lowest BCUT2D eigenvalue weighted by atomic mass is 10.0. The summed E-state index contributed by atoms with van der Waals surface area (Å²) in [5, 5.41) is 1.41. The summed E-state index contributed by atoms with van der Waals surface area (Å²) >= 11 is 6.00. The molecular weight excluding hydrogens is 370 g/mol. The van der Waals surface area contributed by atoms with E-state index in [1.54, 1.807) is 6.07 Å². The average Bonchev–Trinajstić information content (AvgIpc) is 2.71. The van der Waals surface area contributed by atoms with Crippen molar-refractivity contribution >= 4 is 28.5 Å². The van der Waals surface area contributed by atoms with Gasteiger partial charge in [0.05, 0.1) is 16.8 Å². The number of hydrogen-bond donors (Lipinski definition) is 0. The minimum Gasteiger partial charge on any atom is -0.423 e. The maximum atomic E-state index is 13.1. The second-order valence-corrected chi connectivity index (χ2v) is 7.10. The Balaban J connectivity index is 1.81. The molecule has 1 heterocycles. The van der Waals surface area contributed by atoms with Crippen LogP contribution >= 0.6 is 11.6 Å². The van der Waals surface area contributed by atoms with Gasteiger partial charge in [0.2, 0.25) is 0 Å². The molecule has 0 N–H and O–H groups in total. The second-order valence-electron chi connectivity index (χ2n) is 6.67. The lowest BCUT2D eigenvalue weighted by molar-refractivity contribution is 0.0735. The number of carbonyl (C=O) groups excluding carboxylic acids is 1. The van der Waals surface area contributed by atoms with Crippen LogP contribution in [0, 0.1) is 13.8 Å². The number of carbonyl (C=O) groups is 1. The van der Waals surface area contributed by atoms with Gasteiger partial charge in [-0.1, -0.05) is 54.1 Å². The molecule has 3 aromatic carbocycles. The zero-order valence-corrected chi connectivity index (χ0v) is 16.3. The van der Waals surface area contributed by atoms with Crippen LogP contribution in [0.5, 0.6) is 5.75 Å². The molecule has 3 nitrogen and oxygen atoms in total. The van der Waals surface area contributed by atoms with Crippen molar-refractivity contribution in [3.63, 3.8) is 0 Å². The van der Waals surface area contributed by atoms with Gasteiger partial charge in [-0.25, -0.2) is 9.78 Å². The number of rotatable bonds is 3. The predicted molar refractivity (Wildman–Crippen MR) is 113 cm³/mol. The first kappa shape index (κ1) is 18.2. The largest absolute Gasteiger partial charge is 0.423 e. The molecule has 0 fully saturated rings. The fourth-order valence-electron chi connectivity index (χ4n) is 3.10. The summed E-state index contributed by atoms with van der Waals surface area (Å²) in [4.78, 5) is 17.8. The highest BCUT2D eigenvalue weighted by molar-refractivity contribution is 6.30. The zero-order chi connectivity index (χ0) is 19.7. The van der Waals surface area contributed by atoms with Crippen molar-refractivity contribution in [1.29, 1.82) is 0 Å². The Hall–Kier alpha value is -3.17. The first-order valence-corrected chi connectivity index (χ1v) is 9.35. The molecule has 0 aliphatic heterocycles. The van der Waals surface area contributed by atoms with Crippen LogP contribution < -0.4 is 4.74 Å². The SMILES string of the molecule is Cc1cccc(OC(=O)c2cc(-c3ccc(Cl)cc3)nc3ccccc23)c1C. The van der Waals surface area contributed by atoms with E-state index >= 15 is 0 Å². The van der Waals surface area contributed by atoms with E-state index in [0.29, 0.717) is 22.0 Å². The monoisotopic (exact) mass is 387 g/mol. The lowest BCUT2D eigenvalue weighted by Crippen LogP contribution is -2.11. The summed E-state index contributed by atoms with van der Waals surface area (Å²) in [5.74, 6) is 0.168. The highest BCUT2D eigenvalue weighted by atomic mass is 35.5. The number of esters is 1. The van der Waals surface area contributed by atoms with Crippen LogP contribution in [0.15, 0.2) is 72.8 Å². The van der Waals surface area contributed by atoms with Gasteiger partial charge in [0.15, 0.2) is 0 Å². The van der Waals surface area contributed by atoms with Crippen molar-refractivity contribution in [2.75, 3.05) is 0 Å². The topological polar surface area (TPSA) is 39.2 Å². The zero-order valence-electron chi connectivity index (χ0n) is 15.6. The third kappa shape index (κ3) is 3.49. The molecule has 28 heavy (non-hydrogen) atoms. The minimum absolute atomic E-state index is 0.400. The van der Waals surface area contributed by atoms with E-state index in [4.69, 9.17) is 21.3 Å². The molecule has 4 heteroatoms. The van der Waals surface area contributed by atoms with Crippen molar-refractivity contribution in [3.05, 3.63) is 94.5 Å². The van der Waals surface area contributed by atoms with Crippen LogP contribution in [0.1, 0.15) is 21.5 Å². The Kier molecular flexibility index (Phi) is 4.84. The van der Waals surface area contributed by atoms with Crippen molar-refractivity contribution in [2.24, 2.45) is 0 Å². The molecule has 0 atom stereocenters. The summed E-state index contributed by atoms with van der Waals surface area (Å²) in [7, 11) is 0. The molecule has 0 amide bonds. The molecular formula is C24H18ClNO2. The van der Waals surface area contributed by atoms with E-state index in [0.717, 1.165) is 27.6 Å².